The summed E-state index contributed by atoms with van der Waals surface area (Å²) in [7, 11) is 0. The van der Waals surface area contributed by atoms with E-state index < -0.39 is 23.3 Å². The first-order chi connectivity index (χ1) is 11.7. The van der Waals surface area contributed by atoms with Crippen molar-refractivity contribution in [3.05, 3.63) is 0 Å². The number of hydroxylamine groups is 2. The van der Waals surface area contributed by atoms with Crippen LogP contribution in [0.15, 0.2) is 0 Å². The van der Waals surface area contributed by atoms with Gasteiger partial charge in [-0.25, -0.2) is 9.86 Å². The summed E-state index contributed by atoms with van der Waals surface area (Å²) in [5.41, 5.74) is -0.505. The van der Waals surface area contributed by atoms with Crippen molar-refractivity contribution in [2.75, 3.05) is 6.54 Å². The first-order valence-electron chi connectivity index (χ1n) is 9.10. The summed E-state index contributed by atoms with van der Waals surface area (Å²) < 4.78 is 5.47. The van der Waals surface area contributed by atoms with E-state index in [0.29, 0.717) is 11.5 Å². The van der Waals surface area contributed by atoms with Gasteiger partial charge in [-0.3, -0.25) is 14.8 Å². The zero-order valence-electron chi connectivity index (χ0n) is 15.8. The number of unbranched alkanes of at least 4 members (excludes halogenated alkanes) is 1. The van der Waals surface area contributed by atoms with Gasteiger partial charge in [0.2, 0.25) is 12.3 Å². The van der Waals surface area contributed by atoms with E-state index in [1.807, 2.05) is 27.7 Å². The molecule has 1 saturated carbocycles. The average Bonchev–Trinajstić information content (AvgIpc) is 2.50. The number of rotatable bonds is 10. The van der Waals surface area contributed by atoms with Crippen molar-refractivity contribution in [3.8, 4) is 0 Å². The number of hydrogen-bond acceptors (Lipinski definition) is 5. The van der Waals surface area contributed by atoms with Crippen molar-refractivity contribution < 1.29 is 24.3 Å². The Labute approximate surface area is 150 Å². The molecule has 0 aliphatic heterocycles. The molecule has 2 N–H and O–H groups in total. The molecule has 1 rings (SSSR count). The molecule has 2 amide bonds. The van der Waals surface area contributed by atoms with E-state index in [1.165, 1.54) is 0 Å². The van der Waals surface area contributed by atoms with Crippen LogP contribution < -0.4 is 5.32 Å². The van der Waals surface area contributed by atoms with Gasteiger partial charge in [0, 0.05) is 0 Å². The van der Waals surface area contributed by atoms with E-state index in [1.54, 1.807) is 0 Å². The minimum absolute atomic E-state index is 0.0480. The molecule has 1 aliphatic carbocycles. The Balaban J connectivity index is 2.77. The fourth-order valence-electron chi connectivity index (χ4n) is 2.63. The Morgan fingerprint density at radius 3 is 2.44 bits per heavy atom. The van der Waals surface area contributed by atoms with Crippen LogP contribution in [0.3, 0.4) is 0 Å². The third-order valence-electron chi connectivity index (χ3n) is 4.53. The van der Waals surface area contributed by atoms with Gasteiger partial charge >= 0.3 is 5.97 Å². The molecule has 0 aromatic rings. The summed E-state index contributed by atoms with van der Waals surface area (Å²) in [5.74, 6) is -1.34. The molecule has 7 nitrogen and oxygen atoms in total. The molecular formula is C18H32N2O5. The quantitative estimate of drug-likeness (QED) is 0.271. The normalized spacial score (nSPS) is 17.2. The summed E-state index contributed by atoms with van der Waals surface area (Å²) in [6.07, 6.45) is 5.23. The lowest BCUT2D eigenvalue weighted by atomic mass is 9.85. The second-order valence-electron chi connectivity index (χ2n) is 7.86. The predicted octanol–water partition coefficient (Wildman–Crippen LogP) is 2.27. The highest BCUT2D eigenvalue weighted by Gasteiger charge is 2.37. The minimum atomic E-state index is -0.770. The lowest BCUT2D eigenvalue weighted by Crippen LogP contribution is -2.53. The summed E-state index contributed by atoms with van der Waals surface area (Å²) in [6, 6.07) is -0.770. The Hall–Kier alpha value is -1.63. The van der Waals surface area contributed by atoms with Crippen LogP contribution in [0, 0.1) is 11.3 Å². The Morgan fingerprint density at radius 2 is 2.00 bits per heavy atom. The lowest BCUT2D eigenvalue weighted by Gasteiger charge is -2.34. The summed E-state index contributed by atoms with van der Waals surface area (Å²) in [5, 5.41) is 12.7. The minimum Gasteiger partial charge on any atom is -0.461 e. The maximum atomic E-state index is 12.7. The third kappa shape index (κ3) is 7.02. The van der Waals surface area contributed by atoms with Crippen LogP contribution in [0.5, 0.6) is 0 Å². The van der Waals surface area contributed by atoms with Crippen LogP contribution in [0.1, 0.15) is 66.2 Å². The fourth-order valence-corrected chi connectivity index (χ4v) is 2.63. The van der Waals surface area contributed by atoms with Crippen molar-refractivity contribution in [1.82, 2.24) is 10.4 Å². The van der Waals surface area contributed by atoms with Crippen molar-refractivity contribution in [2.45, 2.75) is 78.4 Å². The van der Waals surface area contributed by atoms with Gasteiger partial charge in [0.05, 0.1) is 12.5 Å². The van der Waals surface area contributed by atoms with E-state index in [4.69, 9.17) is 4.74 Å². The molecule has 25 heavy (non-hydrogen) atoms. The summed E-state index contributed by atoms with van der Waals surface area (Å²) >= 11 is 0. The van der Waals surface area contributed by atoms with Crippen LogP contribution >= 0.6 is 0 Å². The van der Waals surface area contributed by atoms with Gasteiger partial charge in [-0.1, -0.05) is 40.5 Å². The monoisotopic (exact) mass is 356 g/mol. The van der Waals surface area contributed by atoms with Crippen molar-refractivity contribution >= 4 is 18.3 Å². The molecule has 0 aromatic carbocycles. The van der Waals surface area contributed by atoms with E-state index in [2.05, 4.69) is 5.32 Å². The number of amides is 2. The Kier molecular flexibility index (Phi) is 8.35. The molecule has 1 fully saturated rings. The van der Waals surface area contributed by atoms with Crippen LogP contribution in [-0.2, 0) is 19.1 Å². The second kappa shape index (κ2) is 9.75. The van der Waals surface area contributed by atoms with Crippen molar-refractivity contribution in [1.29, 1.82) is 0 Å². The SMILES string of the molecule is CCCC[C@@H](CN(O)C=O)C(=O)N[C@H](C(=O)OC1CCC1)C(C)(C)C. The highest BCUT2D eigenvalue weighted by atomic mass is 16.5. The Bertz CT molecular complexity index is 457. The smallest absolute Gasteiger partial charge is 0.329 e. The first kappa shape index (κ1) is 21.4. The van der Waals surface area contributed by atoms with Crippen molar-refractivity contribution in [3.63, 3.8) is 0 Å². The summed E-state index contributed by atoms with van der Waals surface area (Å²) in [6.45, 7) is 7.50. The zero-order valence-corrected chi connectivity index (χ0v) is 15.8. The van der Waals surface area contributed by atoms with Crippen LogP contribution in [0.4, 0.5) is 0 Å². The standard InChI is InChI=1S/C18H32N2O5/c1-5-6-8-13(11-20(24)12-21)16(22)19-15(18(2,3)4)17(23)25-14-9-7-10-14/h12-15,24H,5-11H2,1-4H3,(H,19,22)/t13-,15+/m0/s1. The maximum Gasteiger partial charge on any atom is 0.329 e. The molecule has 0 aromatic heterocycles. The highest BCUT2D eigenvalue weighted by molar-refractivity contribution is 5.86. The number of hydrogen-bond donors (Lipinski definition) is 2. The largest absolute Gasteiger partial charge is 0.461 e. The van der Waals surface area contributed by atoms with Gasteiger partial charge in [0.1, 0.15) is 12.1 Å². The number of carbonyl (C=O) groups is 3. The predicted molar refractivity (Wildman–Crippen MR) is 92.7 cm³/mol. The Morgan fingerprint density at radius 1 is 1.36 bits per heavy atom. The maximum absolute atomic E-state index is 12.7. The van der Waals surface area contributed by atoms with Gasteiger partial charge < -0.3 is 10.1 Å². The van der Waals surface area contributed by atoms with Crippen LogP contribution in [0.2, 0.25) is 0 Å². The second-order valence-corrected chi connectivity index (χ2v) is 7.86. The number of nitrogens with zero attached hydrogens (tertiary/aromatic N) is 1. The van der Waals surface area contributed by atoms with Gasteiger partial charge in [-0.2, -0.15) is 0 Å². The van der Waals surface area contributed by atoms with E-state index in [-0.39, 0.29) is 25.0 Å². The van der Waals surface area contributed by atoms with Gasteiger partial charge in [0.25, 0.3) is 0 Å². The number of ether oxygens (including phenoxy) is 1. The first-order valence-corrected chi connectivity index (χ1v) is 9.10. The van der Waals surface area contributed by atoms with E-state index in [0.717, 1.165) is 32.1 Å². The van der Waals surface area contributed by atoms with E-state index >= 15 is 0 Å². The van der Waals surface area contributed by atoms with Gasteiger partial charge in [-0.05, 0) is 31.1 Å². The molecule has 0 radical (unpaired) electrons. The number of esters is 1. The van der Waals surface area contributed by atoms with E-state index in [9.17, 15) is 19.6 Å². The molecule has 144 valence electrons. The molecule has 0 saturated heterocycles. The lowest BCUT2D eigenvalue weighted by molar-refractivity contribution is -0.162. The summed E-state index contributed by atoms with van der Waals surface area (Å²) in [4.78, 5) is 35.8. The molecular weight excluding hydrogens is 324 g/mol. The van der Waals surface area contributed by atoms with Gasteiger partial charge in [0.15, 0.2) is 0 Å². The molecule has 0 spiro atoms. The van der Waals surface area contributed by atoms with Crippen LogP contribution in [0.25, 0.3) is 0 Å². The number of carbonyl (C=O) groups excluding carboxylic acids is 3. The molecule has 0 heterocycles. The van der Waals surface area contributed by atoms with Crippen LogP contribution in [-0.4, -0.2) is 47.2 Å². The molecule has 1 aliphatic rings. The third-order valence-corrected chi connectivity index (χ3v) is 4.53. The number of nitrogens with one attached hydrogen (secondary N) is 1. The molecule has 0 unspecified atom stereocenters. The van der Waals surface area contributed by atoms with Gasteiger partial charge in [-0.15, -0.1) is 0 Å². The van der Waals surface area contributed by atoms with Crippen molar-refractivity contribution in [2.24, 2.45) is 11.3 Å². The topological polar surface area (TPSA) is 95.9 Å². The molecule has 7 heteroatoms. The molecule has 2 atom stereocenters. The molecule has 0 bridgehead atoms. The highest BCUT2D eigenvalue weighted by Crippen LogP contribution is 2.26. The zero-order chi connectivity index (χ0) is 19.0. The average molecular weight is 356 g/mol. The fraction of sp³-hybridized carbons (Fsp3) is 0.833.